The molecule has 0 aliphatic carbocycles. The average molecular weight is 526 g/mol. The molecule has 0 aromatic heterocycles. The fraction of sp³-hybridized carbons (Fsp3) is 0.312. The molecule has 7 heteroatoms. The Morgan fingerprint density at radius 3 is 2.08 bits per heavy atom. The van der Waals surface area contributed by atoms with E-state index in [0.717, 1.165) is 16.7 Å². The van der Waals surface area contributed by atoms with E-state index in [4.69, 9.17) is 0 Å². The highest BCUT2D eigenvalue weighted by molar-refractivity contribution is 6.21. The molecule has 7 nitrogen and oxygen atoms in total. The molecule has 1 aliphatic rings. The Balaban J connectivity index is 1.54. The summed E-state index contributed by atoms with van der Waals surface area (Å²) in [5.74, 6) is -1.08. The third kappa shape index (κ3) is 6.79. The molecular formula is C32H35N3O4. The number of aryl methyl sites for hydroxylation is 1. The molecule has 0 radical (unpaired) electrons. The summed E-state index contributed by atoms with van der Waals surface area (Å²) < 4.78 is 0. The number of benzene rings is 3. The summed E-state index contributed by atoms with van der Waals surface area (Å²) in [6.07, 6.45) is 0.771. The minimum Gasteiger partial charge on any atom is -0.352 e. The topological polar surface area (TPSA) is 86.8 Å². The SMILES string of the molecule is Cc1cccc(CN(C(=O)CCCN2C(=O)c3ccccc3C2=O)[C@H](Cc2ccccc2)C(=O)NC(C)C)c1. The fourth-order valence-electron chi connectivity index (χ4n) is 4.92. The number of amides is 4. The summed E-state index contributed by atoms with van der Waals surface area (Å²) in [7, 11) is 0. The van der Waals surface area contributed by atoms with Crippen molar-refractivity contribution in [3.05, 3.63) is 107 Å². The smallest absolute Gasteiger partial charge is 0.261 e. The molecule has 4 rings (SSSR count). The highest BCUT2D eigenvalue weighted by Gasteiger charge is 2.35. The van der Waals surface area contributed by atoms with Gasteiger partial charge >= 0.3 is 0 Å². The van der Waals surface area contributed by atoms with E-state index in [2.05, 4.69) is 5.32 Å². The first-order valence-electron chi connectivity index (χ1n) is 13.4. The van der Waals surface area contributed by atoms with Crippen molar-refractivity contribution in [1.29, 1.82) is 0 Å². The van der Waals surface area contributed by atoms with Crippen molar-refractivity contribution in [2.45, 2.75) is 58.7 Å². The standard InChI is InChI=1S/C32H35N3O4/c1-22(2)33-30(37)28(20-24-12-5-4-6-13-24)35(21-25-14-9-11-23(3)19-25)29(36)17-10-18-34-31(38)26-15-7-8-16-27(26)32(34)39/h4-9,11-16,19,22,28H,10,17-18,20-21H2,1-3H3,(H,33,37)/t28-/m1/s1. The maximum atomic E-state index is 13.8. The minimum absolute atomic E-state index is 0.0829. The number of carbonyl (C=O) groups is 4. The first-order valence-corrected chi connectivity index (χ1v) is 13.4. The summed E-state index contributed by atoms with van der Waals surface area (Å²) in [5.41, 5.74) is 3.73. The van der Waals surface area contributed by atoms with Gasteiger partial charge in [0.05, 0.1) is 11.1 Å². The van der Waals surface area contributed by atoms with E-state index in [1.54, 1.807) is 29.2 Å². The van der Waals surface area contributed by atoms with Gasteiger partial charge in [0.2, 0.25) is 11.8 Å². The number of nitrogens with one attached hydrogen (secondary N) is 1. The lowest BCUT2D eigenvalue weighted by atomic mass is 10.0. The van der Waals surface area contributed by atoms with Crippen LogP contribution in [0.5, 0.6) is 0 Å². The van der Waals surface area contributed by atoms with Crippen LogP contribution in [0.4, 0.5) is 0 Å². The van der Waals surface area contributed by atoms with Gasteiger partial charge in [-0.3, -0.25) is 24.1 Å². The maximum absolute atomic E-state index is 13.8. The van der Waals surface area contributed by atoms with Crippen LogP contribution >= 0.6 is 0 Å². The lowest BCUT2D eigenvalue weighted by Gasteiger charge is -2.32. The Morgan fingerprint density at radius 2 is 1.46 bits per heavy atom. The second kappa shape index (κ2) is 12.5. The van der Waals surface area contributed by atoms with Gasteiger partial charge in [-0.05, 0) is 50.5 Å². The number of hydrogen-bond donors (Lipinski definition) is 1. The van der Waals surface area contributed by atoms with Crippen LogP contribution in [0.15, 0.2) is 78.9 Å². The van der Waals surface area contributed by atoms with Crippen LogP contribution in [0.25, 0.3) is 0 Å². The zero-order chi connectivity index (χ0) is 27.9. The summed E-state index contributed by atoms with van der Waals surface area (Å²) in [4.78, 5) is 55.6. The van der Waals surface area contributed by atoms with Crippen molar-refractivity contribution in [3.8, 4) is 0 Å². The first-order chi connectivity index (χ1) is 18.7. The average Bonchev–Trinajstić information content (AvgIpc) is 3.15. The lowest BCUT2D eigenvalue weighted by Crippen LogP contribution is -2.51. The largest absolute Gasteiger partial charge is 0.352 e. The molecular weight excluding hydrogens is 490 g/mol. The van der Waals surface area contributed by atoms with Crippen molar-refractivity contribution >= 4 is 23.6 Å². The van der Waals surface area contributed by atoms with Crippen LogP contribution in [0.1, 0.15) is 64.1 Å². The van der Waals surface area contributed by atoms with Crippen molar-refractivity contribution in [2.24, 2.45) is 0 Å². The van der Waals surface area contributed by atoms with Crippen molar-refractivity contribution in [3.63, 3.8) is 0 Å². The zero-order valence-electron chi connectivity index (χ0n) is 22.7. The van der Waals surface area contributed by atoms with Crippen molar-refractivity contribution < 1.29 is 19.2 Å². The van der Waals surface area contributed by atoms with Gasteiger partial charge in [0.15, 0.2) is 0 Å². The Labute approximate surface area is 229 Å². The Bertz CT molecular complexity index is 1320. The van der Waals surface area contributed by atoms with E-state index >= 15 is 0 Å². The molecule has 1 aliphatic heterocycles. The van der Waals surface area contributed by atoms with Gasteiger partial charge in [-0.1, -0.05) is 72.3 Å². The van der Waals surface area contributed by atoms with Crippen LogP contribution in [0, 0.1) is 6.92 Å². The van der Waals surface area contributed by atoms with Gasteiger partial charge in [0.1, 0.15) is 6.04 Å². The molecule has 4 amide bonds. The minimum atomic E-state index is -0.720. The van der Waals surface area contributed by atoms with E-state index in [1.807, 2.05) is 75.4 Å². The van der Waals surface area contributed by atoms with E-state index < -0.39 is 6.04 Å². The van der Waals surface area contributed by atoms with Gasteiger partial charge in [-0.25, -0.2) is 0 Å². The van der Waals surface area contributed by atoms with E-state index in [-0.39, 0.29) is 49.2 Å². The molecule has 1 heterocycles. The summed E-state index contributed by atoms with van der Waals surface area (Å²) in [6, 6.07) is 23.5. The molecule has 1 atom stereocenters. The second-order valence-electron chi connectivity index (χ2n) is 10.3. The molecule has 0 saturated heterocycles. The summed E-state index contributed by atoms with van der Waals surface area (Å²) in [5, 5.41) is 2.99. The highest BCUT2D eigenvalue weighted by atomic mass is 16.2. The van der Waals surface area contributed by atoms with Crippen LogP contribution in [-0.4, -0.2) is 52.1 Å². The molecule has 0 fully saturated rings. The molecule has 0 bridgehead atoms. The number of nitrogens with zero attached hydrogens (tertiary/aromatic N) is 2. The molecule has 0 spiro atoms. The predicted octanol–water partition coefficient (Wildman–Crippen LogP) is 4.54. The van der Waals surface area contributed by atoms with E-state index in [9.17, 15) is 19.2 Å². The van der Waals surface area contributed by atoms with E-state index in [0.29, 0.717) is 24.0 Å². The normalized spacial score (nSPS) is 13.4. The Hall–Kier alpha value is -4.26. The first kappa shape index (κ1) is 27.8. The van der Waals surface area contributed by atoms with Crippen LogP contribution in [0.3, 0.4) is 0 Å². The Kier molecular flexibility index (Phi) is 8.92. The van der Waals surface area contributed by atoms with Crippen molar-refractivity contribution in [2.75, 3.05) is 6.54 Å². The highest BCUT2D eigenvalue weighted by Crippen LogP contribution is 2.23. The molecule has 1 N–H and O–H groups in total. The molecule has 0 saturated carbocycles. The number of fused-ring (bicyclic) bond motifs is 1. The molecule has 3 aromatic rings. The molecule has 39 heavy (non-hydrogen) atoms. The lowest BCUT2D eigenvalue weighted by molar-refractivity contribution is -0.141. The third-order valence-electron chi connectivity index (χ3n) is 6.79. The second-order valence-corrected chi connectivity index (χ2v) is 10.3. The van der Waals surface area contributed by atoms with Gasteiger partial charge in [0.25, 0.3) is 11.8 Å². The molecule has 0 unspecified atom stereocenters. The fourth-order valence-corrected chi connectivity index (χ4v) is 4.92. The number of rotatable bonds is 11. The van der Waals surface area contributed by atoms with Crippen LogP contribution in [-0.2, 0) is 22.6 Å². The number of hydrogen-bond acceptors (Lipinski definition) is 4. The third-order valence-corrected chi connectivity index (χ3v) is 6.79. The summed E-state index contributed by atoms with van der Waals surface area (Å²) >= 11 is 0. The molecule has 3 aromatic carbocycles. The predicted molar refractivity (Wildman–Crippen MR) is 150 cm³/mol. The number of carbonyl (C=O) groups excluding carboxylic acids is 4. The quantitative estimate of drug-likeness (QED) is 0.373. The van der Waals surface area contributed by atoms with E-state index in [1.165, 1.54) is 4.90 Å². The van der Waals surface area contributed by atoms with Crippen molar-refractivity contribution in [1.82, 2.24) is 15.1 Å². The summed E-state index contributed by atoms with van der Waals surface area (Å²) in [6.45, 7) is 6.19. The van der Waals surface area contributed by atoms with Gasteiger partial charge < -0.3 is 10.2 Å². The van der Waals surface area contributed by atoms with Gasteiger partial charge in [-0.15, -0.1) is 0 Å². The van der Waals surface area contributed by atoms with Crippen LogP contribution < -0.4 is 5.32 Å². The van der Waals surface area contributed by atoms with Crippen LogP contribution in [0.2, 0.25) is 0 Å². The number of imide groups is 1. The Morgan fingerprint density at radius 1 is 0.846 bits per heavy atom. The molecule has 202 valence electrons. The zero-order valence-corrected chi connectivity index (χ0v) is 22.7. The van der Waals surface area contributed by atoms with Gasteiger partial charge in [-0.2, -0.15) is 0 Å². The van der Waals surface area contributed by atoms with Gasteiger partial charge in [0, 0.05) is 32.0 Å². The maximum Gasteiger partial charge on any atom is 0.261 e. The monoisotopic (exact) mass is 525 g/mol.